The third kappa shape index (κ3) is 4.26. The van der Waals surface area contributed by atoms with E-state index in [4.69, 9.17) is 21.6 Å². The first-order valence-electron chi connectivity index (χ1n) is 11.2. The summed E-state index contributed by atoms with van der Waals surface area (Å²) in [5.74, 6) is 0.258. The van der Waals surface area contributed by atoms with Crippen molar-refractivity contribution in [2.75, 3.05) is 35.7 Å². The fourth-order valence-corrected chi connectivity index (χ4v) is 6.22. The predicted octanol–water partition coefficient (Wildman–Crippen LogP) is 4.08. The van der Waals surface area contributed by atoms with Gasteiger partial charge in [-0.3, -0.25) is 4.21 Å². The second kappa shape index (κ2) is 8.92. The van der Waals surface area contributed by atoms with Crippen LogP contribution in [0.4, 0.5) is 20.5 Å². The van der Waals surface area contributed by atoms with Crippen molar-refractivity contribution in [2.45, 2.75) is 49.0 Å². The van der Waals surface area contributed by atoms with Crippen LogP contribution in [-0.2, 0) is 17.2 Å². The largest absolute Gasteiger partial charge is 0.394 e. The maximum absolute atomic E-state index is 14.4. The Balaban J connectivity index is 1.46. The Labute approximate surface area is 198 Å². The molecule has 2 aliphatic heterocycles. The van der Waals surface area contributed by atoms with Crippen LogP contribution in [0.25, 0.3) is 5.57 Å². The van der Waals surface area contributed by atoms with Crippen molar-refractivity contribution >= 4 is 39.7 Å². The Morgan fingerprint density at radius 1 is 1.18 bits per heavy atom. The van der Waals surface area contributed by atoms with Crippen LogP contribution >= 0.6 is 11.6 Å². The van der Waals surface area contributed by atoms with Gasteiger partial charge in [0.1, 0.15) is 22.3 Å². The first-order valence-corrected chi connectivity index (χ1v) is 12.9. The second-order valence-electron chi connectivity index (χ2n) is 8.89. The highest BCUT2D eigenvalue weighted by molar-refractivity contribution is 7.85. The molecule has 0 bridgehead atoms. The molecule has 1 aromatic heterocycles. The highest BCUT2D eigenvalue weighted by Crippen LogP contribution is 2.38. The van der Waals surface area contributed by atoms with E-state index in [1.54, 1.807) is 6.08 Å². The molecule has 33 heavy (non-hydrogen) atoms. The number of rotatable bonds is 5. The van der Waals surface area contributed by atoms with Crippen LogP contribution in [-0.4, -0.2) is 50.3 Å². The zero-order valence-corrected chi connectivity index (χ0v) is 19.6. The van der Waals surface area contributed by atoms with Crippen molar-refractivity contribution in [1.82, 2.24) is 9.97 Å². The van der Waals surface area contributed by atoms with Gasteiger partial charge >= 0.3 is 0 Å². The minimum atomic E-state index is -1.19. The molecule has 1 fully saturated rings. The Hall–Kier alpha value is -2.10. The SMILES string of the molecule is O=[S@@]1CCCc2nc(N3CC=C(c4c(F)cc(Cl)cc4F)CC3)nc(NC3(CO)CCC3)c21. The van der Waals surface area contributed by atoms with Gasteiger partial charge in [-0.2, -0.15) is 4.98 Å². The lowest BCUT2D eigenvalue weighted by molar-refractivity contribution is 0.143. The molecule has 3 heterocycles. The fourth-order valence-electron chi connectivity index (χ4n) is 4.70. The van der Waals surface area contributed by atoms with Crippen molar-refractivity contribution in [2.24, 2.45) is 0 Å². The smallest absolute Gasteiger partial charge is 0.227 e. The number of benzene rings is 1. The lowest BCUT2D eigenvalue weighted by Crippen LogP contribution is -2.49. The predicted molar refractivity (Wildman–Crippen MR) is 125 cm³/mol. The number of anilines is 2. The molecule has 6 nitrogen and oxygen atoms in total. The fraction of sp³-hybridized carbons (Fsp3) is 0.478. The van der Waals surface area contributed by atoms with Crippen LogP contribution in [0, 0.1) is 11.6 Å². The van der Waals surface area contributed by atoms with Crippen LogP contribution in [0.5, 0.6) is 0 Å². The zero-order chi connectivity index (χ0) is 23.2. The number of nitrogens with zero attached hydrogens (tertiary/aromatic N) is 3. The molecule has 5 rings (SSSR count). The monoisotopic (exact) mass is 494 g/mol. The van der Waals surface area contributed by atoms with Crippen molar-refractivity contribution in [1.29, 1.82) is 0 Å². The number of aliphatic hydroxyl groups excluding tert-OH is 1. The Bertz CT molecular complexity index is 1130. The van der Waals surface area contributed by atoms with E-state index in [1.807, 2.05) is 4.90 Å². The molecule has 1 saturated carbocycles. The van der Waals surface area contributed by atoms with Gasteiger partial charge in [0.05, 0.1) is 28.6 Å². The van der Waals surface area contributed by atoms with Crippen molar-refractivity contribution < 1.29 is 18.1 Å². The maximum atomic E-state index is 14.4. The third-order valence-corrected chi connectivity index (χ3v) is 8.47. The number of fused-ring (bicyclic) bond motifs is 1. The molecule has 0 spiro atoms. The molecule has 3 aliphatic rings. The Morgan fingerprint density at radius 3 is 2.55 bits per heavy atom. The average molecular weight is 495 g/mol. The van der Waals surface area contributed by atoms with Crippen molar-refractivity contribution in [3.63, 3.8) is 0 Å². The molecule has 1 aliphatic carbocycles. The standard InChI is InChI=1S/C23H25ClF2N4O2S/c24-15-11-16(25)19(17(26)12-15)14-4-8-30(9-5-14)22-27-18-3-1-10-33(32)20(18)21(28-22)29-23(13-31)6-2-7-23/h4,11-12,31H,1-3,5-10,13H2,(H,27,28,29)/t33-/m1/s1. The lowest BCUT2D eigenvalue weighted by Gasteiger charge is -2.42. The molecule has 2 aromatic rings. The van der Waals surface area contributed by atoms with E-state index < -0.39 is 28.0 Å². The highest BCUT2D eigenvalue weighted by atomic mass is 35.5. The molecule has 0 unspecified atom stereocenters. The topological polar surface area (TPSA) is 78.4 Å². The molecule has 1 aromatic carbocycles. The minimum Gasteiger partial charge on any atom is -0.394 e. The molecule has 1 atom stereocenters. The first-order chi connectivity index (χ1) is 15.9. The Morgan fingerprint density at radius 2 is 1.94 bits per heavy atom. The number of nitrogens with one attached hydrogen (secondary N) is 1. The van der Waals surface area contributed by atoms with Gasteiger partial charge in [0.15, 0.2) is 0 Å². The number of aliphatic hydroxyl groups is 1. The van der Waals surface area contributed by atoms with Gasteiger partial charge in [0.25, 0.3) is 0 Å². The van der Waals surface area contributed by atoms with Gasteiger partial charge in [0.2, 0.25) is 5.95 Å². The molecular formula is C23H25ClF2N4O2S. The molecule has 2 N–H and O–H groups in total. The lowest BCUT2D eigenvalue weighted by atomic mass is 9.77. The van der Waals surface area contributed by atoms with Gasteiger partial charge in [-0.05, 0) is 56.2 Å². The van der Waals surface area contributed by atoms with Gasteiger partial charge in [-0.15, -0.1) is 0 Å². The van der Waals surface area contributed by atoms with Crippen LogP contribution in [0.15, 0.2) is 23.1 Å². The summed E-state index contributed by atoms with van der Waals surface area (Å²) >= 11 is 5.75. The summed E-state index contributed by atoms with van der Waals surface area (Å²) in [6.07, 6.45) is 6.40. The van der Waals surface area contributed by atoms with E-state index >= 15 is 0 Å². The summed E-state index contributed by atoms with van der Waals surface area (Å²) < 4.78 is 41.5. The van der Waals surface area contributed by atoms with Gasteiger partial charge < -0.3 is 15.3 Å². The number of aryl methyl sites for hydroxylation is 1. The van der Waals surface area contributed by atoms with E-state index in [9.17, 15) is 18.1 Å². The summed E-state index contributed by atoms with van der Waals surface area (Å²) in [7, 11) is -1.19. The summed E-state index contributed by atoms with van der Waals surface area (Å²) in [4.78, 5) is 12.0. The van der Waals surface area contributed by atoms with Gasteiger partial charge in [0, 0.05) is 29.4 Å². The van der Waals surface area contributed by atoms with E-state index in [0.717, 1.165) is 43.5 Å². The van der Waals surface area contributed by atoms with E-state index in [-0.39, 0.29) is 17.2 Å². The van der Waals surface area contributed by atoms with E-state index in [1.165, 1.54) is 0 Å². The van der Waals surface area contributed by atoms with Gasteiger partial charge in [-0.25, -0.2) is 13.8 Å². The van der Waals surface area contributed by atoms with Crippen molar-refractivity contribution in [3.8, 4) is 0 Å². The average Bonchev–Trinajstić information content (AvgIpc) is 2.76. The number of hydrogen-bond donors (Lipinski definition) is 2. The molecular weight excluding hydrogens is 470 g/mol. The summed E-state index contributed by atoms with van der Waals surface area (Å²) in [5, 5.41) is 13.3. The summed E-state index contributed by atoms with van der Waals surface area (Å²) in [6, 6.07) is 2.24. The van der Waals surface area contributed by atoms with Crippen molar-refractivity contribution in [3.05, 3.63) is 46.1 Å². The molecule has 0 amide bonds. The maximum Gasteiger partial charge on any atom is 0.227 e. The quantitative estimate of drug-likeness (QED) is 0.652. The highest BCUT2D eigenvalue weighted by Gasteiger charge is 2.38. The molecule has 0 saturated heterocycles. The number of halogens is 3. The van der Waals surface area contributed by atoms with Crippen LogP contribution < -0.4 is 10.2 Å². The molecule has 10 heteroatoms. The zero-order valence-electron chi connectivity index (χ0n) is 18.0. The van der Waals surface area contributed by atoms with Crippen LogP contribution in [0.3, 0.4) is 0 Å². The molecule has 0 radical (unpaired) electrons. The third-order valence-electron chi connectivity index (χ3n) is 6.71. The summed E-state index contributed by atoms with van der Waals surface area (Å²) in [5.41, 5.74) is 0.880. The minimum absolute atomic E-state index is 0.0121. The second-order valence-corrected chi connectivity index (χ2v) is 10.8. The molecule has 176 valence electrons. The first kappa shape index (κ1) is 22.7. The van der Waals surface area contributed by atoms with Gasteiger partial charge in [-0.1, -0.05) is 17.7 Å². The normalized spacial score (nSPS) is 21.8. The van der Waals surface area contributed by atoms with Crippen LogP contribution in [0.1, 0.15) is 43.4 Å². The van der Waals surface area contributed by atoms with Crippen LogP contribution in [0.2, 0.25) is 5.02 Å². The summed E-state index contributed by atoms with van der Waals surface area (Å²) in [6.45, 7) is 0.866. The van der Waals surface area contributed by atoms with E-state index in [0.29, 0.717) is 53.9 Å². The Kier molecular flexibility index (Phi) is 6.13. The number of aromatic nitrogens is 2. The number of hydrogen-bond acceptors (Lipinski definition) is 6. The van der Waals surface area contributed by atoms with E-state index in [2.05, 4.69) is 5.32 Å².